The van der Waals surface area contributed by atoms with E-state index in [-0.39, 0.29) is 103 Å². The molecule has 0 aromatic carbocycles. The predicted octanol–water partition coefficient (Wildman–Crippen LogP) is 0.344. The zero-order valence-corrected chi connectivity index (χ0v) is 74.7. The number of nitrogens with zero attached hydrogens (tertiary/aromatic N) is 10. The molecule has 0 aliphatic carbocycles. The fourth-order valence-electron chi connectivity index (χ4n) is 19.7. The van der Waals surface area contributed by atoms with Crippen LogP contribution in [0.2, 0.25) is 0 Å². The summed E-state index contributed by atoms with van der Waals surface area (Å²) in [5.41, 5.74) is -0.665. The van der Waals surface area contributed by atoms with Crippen LogP contribution in [0.15, 0.2) is 24.0 Å². The second kappa shape index (κ2) is 43.1. The molecule has 40 nitrogen and oxygen atoms in total. The first-order valence-corrected chi connectivity index (χ1v) is 44.3. The highest BCUT2D eigenvalue weighted by atomic mass is 16.7. The third-order valence-electron chi connectivity index (χ3n) is 26.9. The molecule has 10 bridgehead atoms. The number of piperazine rings is 5. The van der Waals surface area contributed by atoms with Crippen LogP contribution in [0, 0.1) is 64.6 Å². The maximum absolute atomic E-state index is 13.1. The number of carbonyl (C=O) groups excluding carboxylic acids is 14. The van der Waals surface area contributed by atoms with Crippen molar-refractivity contribution in [2.24, 2.45) is 64.6 Å². The minimum absolute atomic E-state index is 0.0153. The Labute approximate surface area is 734 Å². The van der Waals surface area contributed by atoms with E-state index >= 15 is 0 Å². The van der Waals surface area contributed by atoms with Crippen molar-refractivity contribution in [3.63, 3.8) is 0 Å². The summed E-state index contributed by atoms with van der Waals surface area (Å²) in [6.07, 6.45) is 5.37. The van der Waals surface area contributed by atoms with Crippen molar-refractivity contribution in [1.82, 2.24) is 49.0 Å². The second-order valence-electron chi connectivity index (χ2n) is 36.4. The lowest BCUT2D eigenvalue weighted by atomic mass is 9.78. The van der Waals surface area contributed by atoms with Gasteiger partial charge in [-0.2, -0.15) is 0 Å². The third-order valence-corrected chi connectivity index (χ3v) is 26.9. The van der Waals surface area contributed by atoms with E-state index in [2.05, 4.69) is 45.3 Å². The van der Waals surface area contributed by atoms with Crippen molar-refractivity contribution in [2.45, 2.75) is 174 Å². The molecule has 20 atom stereocenters. The zero-order chi connectivity index (χ0) is 90.7. The molecule has 16 aliphatic heterocycles. The second-order valence-corrected chi connectivity index (χ2v) is 36.4. The Morgan fingerprint density at radius 2 is 0.492 bits per heavy atom. The molecular formula is C86H128N10O30. The Balaban J connectivity index is 0.000000143. The molecule has 0 aromatic heterocycles. The Morgan fingerprint density at radius 3 is 0.683 bits per heavy atom. The Hall–Kier alpha value is -8.74. The van der Waals surface area contributed by atoms with Crippen molar-refractivity contribution in [3.05, 3.63) is 24.0 Å². The van der Waals surface area contributed by atoms with Crippen molar-refractivity contribution in [1.29, 1.82) is 0 Å². The average Bonchev–Trinajstić information content (AvgIpc) is 1.63. The molecule has 5 amide bonds. The van der Waals surface area contributed by atoms with Gasteiger partial charge in [-0.1, -0.05) is 0 Å². The van der Waals surface area contributed by atoms with Crippen molar-refractivity contribution in [3.8, 4) is 0 Å². The maximum atomic E-state index is 13.1. The summed E-state index contributed by atoms with van der Waals surface area (Å²) in [7, 11) is 10.2. The number of amides is 5. The molecule has 15 fully saturated rings. The van der Waals surface area contributed by atoms with Gasteiger partial charge >= 0.3 is 53.7 Å². The number of ether oxygens (including phenoxy) is 16. The molecule has 15 saturated heterocycles. The minimum atomic E-state index is -0.665. The van der Waals surface area contributed by atoms with Crippen LogP contribution in [-0.4, -0.2) is 393 Å². The topological polar surface area (TPSA) is 419 Å². The van der Waals surface area contributed by atoms with E-state index in [0.717, 1.165) is 130 Å². The van der Waals surface area contributed by atoms with E-state index in [1.807, 2.05) is 59.7 Å². The van der Waals surface area contributed by atoms with Crippen LogP contribution in [0.25, 0.3) is 0 Å². The van der Waals surface area contributed by atoms with Gasteiger partial charge in [0.15, 0.2) is 12.4 Å². The molecule has 0 radical (unpaired) electrons. The van der Waals surface area contributed by atoms with Crippen LogP contribution >= 0.6 is 0 Å². The highest BCUT2D eigenvalue weighted by Gasteiger charge is 2.62. The van der Waals surface area contributed by atoms with E-state index in [9.17, 15) is 67.1 Å². The Bertz CT molecular complexity index is 3760. The number of hydrogen-bond acceptors (Lipinski definition) is 35. The lowest BCUT2D eigenvalue weighted by Gasteiger charge is -2.36. The molecule has 16 aliphatic rings. The molecule has 702 valence electrons. The predicted molar refractivity (Wildman–Crippen MR) is 434 cm³/mol. The molecule has 16 heterocycles. The van der Waals surface area contributed by atoms with Crippen LogP contribution in [0.4, 0.5) is 0 Å². The Morgan fingerprint density at radius 1 is 0.294 bits per heavy atom. The van der Waals surface area contributed by atoms with Gasteiger partial charge in [0.25, 0.3) is 5.95 Å². The summed E-state index contributed by atoms with van der Waals surface area (Å²) in [6, 6.07) is 0. The van der Waals surface area contributed by atoms with Crippen LogP contribution in [0.5, 0.6) is 0 Å². The number of allylic oxidation sites excluding steroid dienone is 1. The van der Waals surface area contributed by atoms with Crippen molar-refractivity contribution < 1.29 is 143 Å². The lowest BCUT2D eigenvalue weighted by Crippen LogP contribution is -2.52. The largest absolute Gasteiger partial charge is 0.457 e. The molecule has 0 N–H and O–H groups in total. The standard InChI is InChI=1S/C19H26N2O6.C19H30N2O6.3C16H24N2O6/c1-11-15(26-12(2)25-11)10-24-19(23)17-14-5-4-13(27-14)16(17)18(22)21-8-6-20(3)7-9-21;1-19(2,3)18(24)26-11-25-17(23)15-13-6-5-12(27-13)14(15)16(22)21-9-7-20(4)8-10-21;3*1-10(19)22-9-23-16(21)14-12-4-3-11(24-12)13(14)15(20)18-7-5-17(2)6-8-18/h13-14,16-17H,2,4-10H2,1,3H3;12-15H,5-11H2,1-4H3;3*11-14H,3-9H2,1-2H3. The molecule has 20 unspecified atom stereocenters. The van der Waals surface area contributed by atoms with Gasteiger partial charge in [-0.15, -0.1) is 0 Å². The highest BCUT2D eigenvalue weighted by molar-refractivity contribution is 5.91. The van der Waals surface area contributed by atoms with Gasteiger partial charge in [0.05, 0.1) is 126 Å². The lowest BCUT2D eigenvalue weighted by molar-refractivity contribution is -0.178. The number of likely N-dealkylation sites (N-methyl/N-ethyl adjacent to an activating group) is 5. The normalized spacial score (nSPS) is 32.4. The number of hydrogen-bond donors (Lipinski definition) is 0. The maximum Gasteiger partial charge on any atom is 0.315 e. The number of esters is 9. The number of rotatable bonds is 20. The van der Waals surface area contributed by atoms with Gasteiger partial charge < -0.3 is 125 Å². The summed E-state index contributed by atoms with van der Waals surface area (Å²) in [5.74, 6) is -8.83. The fourth-order valence-corrected chi connectivity index (χ4v) is 19.7. The summed E-state index contributed by atoms with van der Waals surface area (Å²) >= 11 is 0. The number of fused-ring (bicyclic) bond motifs is 10. The first-order chi connectivity index (χ1) is 60.0. The summed E-state index contributed by atoms with van der Waals surface area (Å²) in [6.45, 7) is 27.5. The van der Waals surface area contributed by atoms with E-state index in [1.54, 1.807) is 27.7 Å². The molecule has 0 spiro atoms. The van der Waals surface area contributed by atoms with Crippen molar-refractivity contribution >= 4 is 83.3 Å². The molecule has 126 heavy (non-hydrogen) atoms. The third kappa shape index (κ3) is 23.5. The summed E-state index contributed by atoms with van der Waals surface area (Å²) < 4.78 is 84.5. The quantitative estimate of drug-likeness (QED) is 0.0901. The van der Waals surface area contributed by atoms with Gasteiger partial charge in [0.1, 0.15) is 5.76 Å². The first kappa shape index (κ1) is 96.3. The van der Waals surface area contributed by atoms with Crippen molar-refractivity contribution in [2.75, 3.05) is 200 Å². The molecule has 0 saturated carbocycles. The summed E-state index contributed by atoms with van der Waals surface area (Å²) in [4.78, 5) is 192. The first-order valence-electron chi connectivity index (χ1n) is 44.3. The molecule has 16 rings (SSSR count). The highest BCUT2D eigenvalue weighted by Crippen LogP contribution is 2.50. The van der Waals surface area contributed by atoms with E-state index in [4.69, 9.17) is 61.6 Å². The SMILES string of the molecule is C=C1OC(C)=C(COC(=O)C2C3CCC(O3)C2C(=O)N2CCN(C)CC2)O1.CC(=O)OCOC(=O)C1C2CCC(O2)C1C(=O)N1CCN(C)CC1.CC(=O)OCOC(=O)C1C2CCC(O2)C1C(=O)N1CCN(C)CC1.CC(=O)OCOC(=O)C1C2CCC(O2)C1C(=O)N1CCN(C)CC1.CN1CCN(C(=O)C2C3CCC(O3)C2C(=O)OCOC(=O)C(C)(C)C)CC1. The molecule has 40 heteroatoms. The van der Waals surface area contributed by atoms with E-state index in [0.29, 0.717) is 77.0 Å². The van der Waals surface area contributed by atoms with Gasteiger partial charge in [0, 0.05) is 152 Å². The average molecular weight is 1780 g/mol. The molecule has 0 aromatic rings. The van der Waals surface area contributed by atoms with Gasteiger partial charge in [-0.05, 0) is 134 Å². The smallest absolute Gasteiger partial charge is 0.315 e. The number of carbonyl (C=O) groups is 14. The fraction of sp³-hybridized carbons (Fsp3) is 0.791. The monoisotopic (exact) mass is 1780 g/mol. The van der Waals surface area contributed by atoms with Crippen LogP contribution in [0.1, 0.15) is 113 Å². The Kier molecular flexibility index (Phi) is 33.0. The van der Waals surface area contributed by atoms with Crippen LogP contribution in [-0.2, 0) is 143 Å². The van der Waals surface area contributed by atoms with Gasteiger partial charge in [-0.3, -0.25) is 67.1 Å². The van der Waals surface area contributed by atoms with Gasteiger partial charge in [0.2, 0.25) is 56.7 Å². The van der Waals surface area contributed by atoms with Crippen LogP contribution < -0.4 is 0 Å². The minimum Gasteiger partial charge on any atom is -0.457 e. The van der Waals surface area contributed by atoms with E-state index < -0.39 is 145 Å². The molecular weight excluding hydrogens is 1650 g/mol. The van der Waals surface area contributed by atoms with Crippen LogP contribution in [0.3, 0.4) is 0 Å². The van der Waals surface area contributed by atoms with Gasteiger partial charge in [-0.25, -0.2) is 0 Å². The van der Waals surface area contributed by atoms with E-state index in [1.165, 1.54) is 20.8 Å². The summed E-state index contributed by atoms with van der Waals surface area (Å²) in [5, 5.41) is 0. The zero-order valence-electron chi connectivity index (χ0n) is 74.7.